The van der Waals surface area contributed by atoms with E-state index >= 15 is 0 Å². The van der Waals surface area contributed by atoms with Gasteiger partial charge in [-0.3, -0.25) is 19.4 Å². The maximum absolute atomic E-state index is 13.8. The molecule has 5 aliphatic carbocycles. The Balaban J connectivity index is 0.674. The van der Waals surface area contributed by atoms with Gasteiger partial charge in [-0.05, 0) is 136 Å². The smallest absolute Gasteiger partial charge is 0.415 e. The molecule has 11 unspecified atom stereocenters. The van der Waals surface area contributed by atoms with Gasteiger partial charge >= 0.3 is 12.1 Å². The summed E-state index contributed by atoms with van der Waals surface area (Å²) in [5, 5.41) is 60.8. The number of hydrogen-bond acceptors (Lipinski definition) is 16. The molecule has 21 heteroatoms. The number of ether oxygens (including phenoxy) is 3. The average Bonchev–Trinajstić information content (AvgIpc) is 1.86. The van der Waals surface area contributed by atoms with Crippen molar-refractivity contribution in [2.24, 2.45) is 50.8 Å². The number of benzene rings is 2. The van der Waals surface area contributed by atoms with Gasteiger partial charge in [-0.2, -0.15) is 0 Å². The Morgan fingerprint density at radius 2 is 1.60 bits per heavy atom. The Bertz CT molecular complexity index is 3100. The summed E-state index contributed by atoms with van der Waals surface area (Å²) in [6, 6.07) is 4.17. The van der Waals surface area contributed by atoms with Crippen LogP contribution >= 0.6 is 23.1 Å². The van der Waals surface area contributed by atoms with E-state index in [2.05, 4.69) is 47.6 Å². The number of rotatable bonds is 25. The van der Waals surface area contributed by atoms with Crippen molar-refractivity contribution < 1.29 is 63.7 Å². The number of phenolic OH excluding ortho intramolecular Hbond substituents is 2. The van der Waals surface area contributed by atoms with E-state index in [1.165, 1.54) is 58.6 Å². The lowest BCUT2D eigenvalue weighted by atomic mass is 9.36. The molecule has 0 bridgehead atoms. The number of carbonyl (C=O) groups is 5. The van der Waals surface area contributed by atoms with Crippen LogP contribution in [0.25, 0.3) is 23.4 Å². The number of aliphatic hydroxyl groups excluding tert-OH is 2. The molecule has 9 rings (SSSR count). The van der Waals surface area contributed by atoms with Crippen molar-refractivity contribution in [2.75, 3.05) is 72.0 Å². The maximum atomic E-state index is 13.8. The molecule has 0 saturated heterocycles. The number of aliphatic hydroxyl groups is 2. The van der Waals surface area contributed by atoms with Gasteiger partial charge in [-0.15, -0.1) is 23.1 Å². The average molecular weight is 1200 g/mol. The van der Waals surface area contributed by atoms with Crippen molar-refractivity contribution in [2.45, 2.75) is 148 Å². The summed E-state index contributed by atoms with van der Waals surface area (Å²) in [6.07, 6.45) is 10.4. The fraction of sp³-hybridized carbons (Fsp3) is 0.667. The molecule has 1 aromatic heterocycles. The lowest BCUT2D eigenvalue weighted by Gasteiger charge is -2.69. The van der Waals surface area contributed by atoms with Crippen molar-refractivity contribution in [1.82, 2.24) is 25.4 Å². The second kappa shape index (κ2) is 25.9. The van der Waals surface area contributed by atoms with Crippen LogP contribution in [-0.4, -0.2) is 165 Å². The van der Waals surface area contributed by atoms with E-state index in [-0.39, 0.29) is 127 Å². The van der Waals surface area contributed by atoms with Crippen LogP contribution in [0, 0.1) is 52.8 Å². The van der Waals surface area contributed by atoms with Crippen LogP contribution in [0.2, 0.25) is 0 Å². The SMILES string of the molecule is C=c1c(C)c(O)c(=C)c(C(C)(C)CC(=O)N(C)CCN(CCOCCOCCC(=O)NCCCNC(=O)CCC2(C)CC34CCC5C(C(O)CC6CC(O)CCC65C)C3CCC24)C(=O)Oc2ccc3nc(C4=NC(C(=O)O)CS4)sc3c2)c1O. The Kier molecular flexibility index (Phi) is 19.5. The van der Waals surface area contributed by atoms with Crippen molar-refractivity contribution in [3.05, 3.63) is 44.8 Å². The molecule has 4 amide bonds. The minimum absolute atomic E-state index is 0.0451. The summed E-state index contributed by atoms with van der Waals surface area (Å²) in [5.41, 5.74) is 1.07. The lowest BCUT2D eigenvalue weighted by molar-refractivity contribution is -0.220. The van der Waals surface area contributed by atoms with Gasteiger partial charge in [0.05, 0.1) is 48.9 Å². The summed E-state index contributed by atoms with van der Waals surface area (Å²) in [7, 11) is 1.61. The van der Waals surface area contributed by atoms with Crippen LogP contribution in [0.4, 0.5) is 4.79 Å². The standard InChI is InChI=1S/C63H88N6O13S2/c1-36-37(2)55(76)53(38(3)54(36)75)60(4,5)33-51(74)68(8)23-24-69(59(79)82-41-10-12-44-47(32-41)84-57(66-44)56-67-45(34-83-56)58(77)78)25-27-81-29-28-80-26-17-50(73)65-22-9-21-64-49(72)16-18-61(6)35-63-20-15-42-52(43(63)11-13-48(61)63)46(71)31-39-30-40(70)14-19-62(39,42)7/h10,12,32,39-40,42-43,45-46,48,52,70-71,75-76H,2-3,9,11,13-31,33-35H2,1,4-8H3,(H,64,72)(H,65,73)(H,77,78). The molecular weight excluding hydrogens is 1110 g/mol. The van der Waals surface area contributed by atoms with E-state index in [1.807, 2.05) is 0 Å². The van der Waals surface area contributed by atoms with Gasteiger partial charge in [0.15, 0.2) is 6.04 Å². The second-order valence-corrected chi connectivity index (χ2v) is 28.2. The van der Waals surface area contributed by atoms with Crippen molar-refractivity contribution >= 4 is 81.3 Å². The first-order valence-electron chi connectivity index (χ1n) is 30.2. The number of thioether (sulfide) groups is 1. The normalized spacial score (nSPS) is 28.7. The Hall–Kier alpha value is -5.32. The minimum Gasteiger partial charge on any atom is -0.507 e. The van der Waals surface area contributed by atoms with Crippen LogP contribution in [0.1, 0.15) is 134 Å². The lowest BCUT2D eigenvalue weighted by Crippen LogP contribution is -2.63. The molecule has 2 heterocycles. The molecule has 11 atom stereocenters. The first-order chi connectivity index (χ1) is 39.9. The molecule has 1 spiro atoms. The zero-order valence-electron chi connectivity index (χ0n) is 49.8. The number of fused-ring (bicyclic) bond motifs is 5. The molecule has 19 nitrogen and oxygen atoms in total. The highest BCUT2D eigenvalue weighted by molar-refractivity contribution is 8.15. The highest BCUT2D eigenvalue weighted by atomic mass is 32.2. The quantitative estimate of drug-likeness (QED) is 0.0347. The number of carboxylic acids is 1. The zero-order valence-corrected chi connectivity index (χ0v) is 51.5. The molecule has 84 heavy (non-hydrogen) atoms. The van der Waals surface area contributed by atoms with Gasteiger partial charge in [0.25, 0.3) is 0 Å². The number of amides is 4. The topological polar surface area (TPSA) is 270 Å². The highest BCUT2D eigenvalue weighted by Gasteiger charge is 2.71. The van der Waals surface area contributed by atoms with Gasteiger partial charge in [0, 0.05) is 97.8 Å². The van der Waals surface area contributed by atoms with E-state index in [0.29, 0.717) is 98.1 Å². The molecule has 7 N–H and O–H groups in total. The molecule has 2 aromatic carbocycles. The largest absolute Gasteiger partial charge is 0.507 e. The van der Waals surface area contributed by atoms with E-state index in [9.17, 15) is 49.5 Å². The van der Waals surface area contributed by atoms with Crippen molar-refractivity contribution in [1.29, 1.82) is 0 Å². The third-order valence-corrected chi connectivity index (χ3v) is 22.7. The molecule has 1 aliphatic heterocycles. The molecule has 460 valence electrons. The summed E-state index contributed by atoms with van der Waals surface area (Å²) in [5.74, 6) is 1.43. The zero-order chi connectivity index (χ0) is 60.5. The number of aromatic nitrogens is 1. The molecule has 3 aromatic rings. The van der Waals surface area contributed by atoms with Gasteiger partial charge in [0.2, 0.25) is 17.7 Å². The number of hydrogen-bond donors (Lipinski definition) is 7. The maximum Gasteiger partial charge on any atom is 0.415 e. The number of likely N-dealkylation sites (N-methyl/N-ethyl adjacent to an activating group) is 1. The van der Waals surface area contributed by atoms with Crippen molar-refractivity contribution in [3.8, 4) is 17.2 Å². The number of phenols is 2. The minimum atomic E-state index is -0.997. The summed E-state index contributed by atoms with van der Waals surface area (Å²) < 4.78 is 18.1. The van der Waals surface area contributed by atoms with Crippen LogP contribution in [0.5, 0.6) is 17.2 Å². The van der Waals surface area contributed by atoms with Crippen molar-refractivity contribution in [3.63, 3.8) is 0 Å². The molecule has 5 fully saturated rings. The van der Waals surface area contributed by atoms with Gasteiger partial charge in [0.1, 0.15) is 27.3 Å². The monoisotopic (exact) mass is 1200 g/mol. The molecule has 6 aliphatic rings. The first-order valence-corrected chi connectivity index (χ1v) is 32.0. The van der Waals surface area contributed by atoms with Gasteiger partial charge < -0.3 is 60.2 Å². The number of aliphatic imine (C=N–C) groups is 1. The third kappa shape index (κ3) is 13.2. The first kappa shape index (κ1) is 63.2. The van der Waals surface area contributed by atoms with Crippen LogP contribution in [0.15, 0.2) is 23.2 Å². The van der Waals surface area contributed by atoms with E-state index in [4.69, 9.17) is 14.2 Å². The summed E-state index contributed by atoms with van der Waals surface area (Å²) >= 11 is 2.64. The number of carboxylic acid groups (broad SMARTS) is 1. The number of aromatic hydroxyl groups is 2. The number of thiazole rings is 1. The van der Waals surface area contributed by atoms with Gasteiger partial charge in [-0.25, -0.2) is 14.6 Å². The molecule has 0 radical (unpaired) electrons. The second-order valence-electron chi connectivity index (χ2n) is 26.1. The third-order valence-electron chi connectivity index (χ3n) is 20.5. The predicted octanol–water partition coefficient (Wildman–Crippen LogP) is 6.62. The molecule has 5 saturated carbocycles. The van der Waals surface area contributed by atoms with Crippen LogP contribution in [0.3, 0.4) is 0 Å². The van der Waals surface area contributed by atoms with E-state index < -0.39 is 23.5 Å². The fourth-order valence-electron chi connectivity index (χ4n) is 16.0. The van der Waals surface area contributed by atoms with Crippen LogP contribution < -0.4 is 25.8 Å². The number of carbonyl (C=O) groups excluding carboxylic acids is 4. The fourth-order valence-corrected chi connectivity index (χ4v) is 18.1. The Morgan fingerprint density at radius 3 is 2.32 bits per heavy atom. The summed E-state index contributed by atoms with van der Waals surface area (Å²) in [4.78, 5) is 76.5. The van der Waals surface area contributed by atoms with Crippen LogP contribution in [-0.2, 0) is 34.1 Å². The Labute approximate surface area is 501 Å². The number of aliphatic carboxylic acids is 1. The number of nitrogens with zero attached hydrogens (tertiary/aromatic N) is 4. The predicted molar refractivity (Wildman–Crippen MR) is 324 cm³/mol. The molecular formula is C63H88N6O13S2. The summed E-state index contributed by atoms with van der Waals surface area (Å²) in [6.45, 7) is 19.7. The Morgan fingerprint density at radius 1 is 0.869 bits per heavy atom. The van der Waals surface area contributed by atoms with Gasteiger partial charge in [-0.1, -0.05) is 40.9 Å². The number of nitrogens with one attached hydrogen (secondary N) is 2. The van der Waals surface area contributed by atoms with E-state index in [0.717, 1.165) is 38.5 Å². The highest BCUT2D eigenvalue weighted by Crippen LogP contribution is 2.78. The van der Waals surface area contributed by atoms with E-state index in [1.54, 1.807) is 46.0 Å².